The smallest absolute Gasteiger partial charge is 0.324 e. The number of pyridine rings is 1. The first-order valence-corrected chi connectivity index (χ1v) is 7.04. The fraction of sp³-hybridized carbons (Fsp3) is 0.375. The molecule has 0 spiro atoms. The van der Waals surface area contributed by atoms with Gasteiger partial charge in [-0.15, -0.1) is 24.2 Å². The van der Waals surface area contributed by atoms with Crippen LogP contribution < -0.4 is 11.2 Å². The molecule has 1 unspecified atom stereocenters. The highest BCUT2D eigenvalue weighted by molar-refractivity contribution is 7.99. The van der Waals surface area contributed by atoms with Crippen LogP contribution in [0, 0.1) is 0 Å². The number of halogens is 1. The van der Waals surface area contributed by atoms with Crippen molar-refractivity contribution < 1.29 is 14.4 Å². The molecule has 4 N–H and O–H groups in total. The third-order valence-corrected chi connectivity index (χ3v) is 4.13. The van der Waals surface area contributed by atoms with Gasteiger partial charge in [0.15, 0.2) is 5.44 Å². The number of hydrogen-bond donors (Lipinski definition) is 3. The van der Waals surface area contributed by atoms with Crippen molar-refractivity contribution in [2.24, 2.45) is 5.73 Å². The molecular weight excluding hydrogens is 271 g/mol. The van der Waals surface area contributed by atoms with Crippen molar-refractivity contribution in [3.05, 3.63) is 17.7 Å². The molecule has 2 heterocycles. The van der Waals surface area contributed by atoms with E-state index in [-0.39, 0.29) is 23.9 Å². The predicted molar refractivity (Wildman–Crippen MR) is 65.4 cm³/mol. The monoisotopic (exact) mass is 282 g/mol. The van der Waals surface area contributed by atoms with E-state index in [2.05, 4.69) is 4.98 Å². The van der Waals surface area contributed by atoms with Gasteiger partial charge in [0.25, 0.3) is 0 Å². The normalized spacial score (nSPS) is 19.8. The van der Waals surface area contributed by atoms with Gasteiger partial charge < -0.3 is 15.5 Å². The van der Waals surface area contributed by atoms with Crippen molar-refractivity contribution in [2.45, 2.75) is 17.5 Å². The maximum Gasteiger partial charge on any atom is 0.374 e. The molecule has 0 saturated carbocycles. The Labute approximate surface area is 103 Å². The molecule has 5 nitrogen and oxygen atoms in total. The van der Waals surface area contributed by atoms with E-state index < -0.39 is 7.60 Å². The number of thioether (sulfide) groups is 1. The van der Waals surface area contributed by atoms with Crippen molar-refractivity contribution in [3.63, 3.8) is 0 Å². The van der Waals surface area contributed by atoms with Crippen molar-refractivity contribution in [3.8, 4) is 0 Å². The molecule has 1 aromatic heterocycles. The molecule has 0 fully saturated rings. The average Bonchev–Trinajstić information content (AvgIpc) is 2.16. The quantitative estimate of drug-likeness (QED) is 0.660. The molecule has 1 atom stereocenters. The Morgan fingerprint density at radius 3 is 2.81 bits per heavy atom. The Bertz CT molecular complexity index is 439. The van der Waals surface area contributed by atoms with Crippen LogP contribution >= 0.6 is 31.8 Å². The summed E-state index contributed by atoms with van der Waals surface area (Å²) in [6.45, 7) is 0. The maximum absolute atomic E-state index is 11.0. The molecule has 1 aromatic rings. The van der Waals surface area contributed by atoms with Crippen molar-refractivity contribution in [1.29, 1.82) is 0 Å². The summed E-state index contributed by atoms with van der Waals surface area (Å²) in [5.41, 5.74) is 6.56. The van der Waals surface area contributed by atoms with Gasteiger partial charge in [0.1, 0.15) is 5.03 Å². The Morgan fingerprint density at radius 1 is 1.50 bits per heavy atom. The fourth-order valence-electron chi connectivity index (χ4n) is 1.44. The van der Waals surface area contributed by atoms with E-state index in [4.69, 9.17) is 15.5 Å². The molecule has 1 aliphatic rings. The van der Waals surface area contributed by atoms with E-state index in [0.717, 1.165) is 17.7 Å². The number of aromatic nitrogens is 1. The zero-order valence-electron chi connectivity index (χ0n) is 8.24. The molecule has 2 rings (SSSR count). The summed E-state index contributed by atoms with van der Waals surface area (Å²) in [5.74, 6) is 0.839. The summed E-state index contributed by atoms with van der Waals surface area (Å²) in [4.78, 5) is 21.9. The van der Waals surface area contributed by atoms with Crippen LogP contribution in [-0.4, -0.2) is 20.5 Å². The van der Waals surface area contributed by atoms with Gasteiger partial charge in [-0.25, -0.2) is 4.98 Å². The van der Waals surface area contributed by atoms with Crippen LogP contribution in [0.1, 0.15) is 18.0 Å². The lowest BCUT2D eigenvalue weighted by molar-refractivity contribution is 0.386. The van der Waals surface area contributed by atoms with Crippen LogP contribution in [0.25, 0.3) is 0 Å². The van der Waals surface area contributed by atoms with Crippen molar-refractivity contribution in [1.82, 2.24) is 4.98 Å². The molecule has 0 amide bonds. The minimum atomic E-state index is -4.25. The van der Waals surface area contributed by atoms with Crippen LogP contribution in [0.15, 0.2) is 17.2 Å². The van der Waals surface area contributed by atoms with Gasteiger partial charge in [-0.05, 0) is 12.5 Å². The molecule has 0 saturated heterocycles. The fourth-order valence-corrected chi connectivity index (χ4v) is 3.12. The summed E-state index contributed by atoms with van der Waals surface area (Å²) in [5, 5.41) is 0.648. The van der Waals surface area contributed by atoms with Gasteiger partial charge in [0.2, 0.25) is 0 Å². The van der Waals surface area contributed by atoms with Crippen molar-refractivity contribution >= 4 is 37.2 Å². The van der Waals surface area contributed by atoms with Gasteiger partial charge in [-0.1, -0.05) is 6.07 Å². The molecule has 1 aliphatic heterocycles. The zero-order chi connectivity index (χ0) is 11.1. The second-order valence-electron chi connectivity index (χ2n) is 3.35. The predicted octanol–water partition coefficient (Wildman–Crippen LogP) is 0.802. The standard InChI is InChI=1S/C8H11N2O3PS.ClH/c9-6-3-4-15-8-5(6)1-2-7(10-8)14(11,12)13;/h1-2,6H,3-4,9H2,(H2,11,12,13);1H. The first kappa shape index (κ1) is 14.0. The number of rotatable bonds is 1. The molecule has 8 heteroatoms. The van der Waals surface area contributed by atoms with E-state index in [1.165, 1.54) is 17.8 Å². The van der Waals surface area contributed by atoms with Gasteiger partial charge in [-0.3, -0.25) is 4.57 Å². The first-order chi connectivity index (χ1) is 6.98. The van der Waals surface area contributed by atoms with Crippen LogP contribution in [0.3, 0.4) is 0 Å². The lowest BCUT2D eigenvalue weighted by Gasteiger charge is -2.21. The number of hydrogen-bond acceptors (Lipinski definition) is 4. The summed E-state index contributed by atoms with van der Waals surface area (Å²) in [6.07, 6.45) is 0.870. The van der Waals surface area contributed by atoms with Gasteiger partial charge >= 0.3 is 7.60 Å². The molecule has 0 aliphatic carbocycles. The van der Waals surface area contributed by atoms with E-state index >= 15 is 0 Å². The maximum atomic E-state index is 11.0. The van der Waals surface area contributed by atoms with Gasteiger partial charge in [-0.2, -0.15) is 0 Å². The summed E-state index contributed by atoms with van der Waals surface area (Å²) >= 11 is 1.49. The SMILES string of the molecule is Cl.NC1CCSc2nc(P(=O)(O)O)ccc21. The minimum absolute atomic E-state index is 0. The number of nitrogens with two attached hydrogens (primary N) is 1. The zero-order valence-corrected chi connectivity index (χ0v) is 10.8. The summed E-state index contributed by atoms with van der Waals surface area (Å²) < 4.78 is 11.0. The minimum Gasteiger partial charge on any atom is -0.324 e. The lowest BCUT2D eigenvalue weighted by Crippen LogP contribution is -2.20. The highest BCUT2D eigenvalue weighted by Gasteiger charge is 2.24. The van der Waals surface area contributed by atoms with Crippen LogP contribution in [0.4, 0.5) is 0 Å². The largest absolute Gasteiger partial charge is 0.374 e. The van der Waals surface area contributed by atoms with Crippen LogP contribution in [0.2, 0.25) is 0 Å². The first-order valence-electron chi connectivity index (χ1n) is 4.44. The highest BCUT2D eigenvalue weighted by Crippen LogP contribution is 2.37. The number of fused-ring (bicyclic) bond motifs is 1. The molecule has 0 bridgehead atoms. The van der Waals surface area contributed by atoms with E-state index in [1.807, 2.05) is 0 Å². The van der Waals surface area contributed by atoms with Gasteiger partial charge in [0, 0.05) is 17.4 Å². The number of nitrogens with zero attached hydrogens (tertiary/aromatic N) is 1. The van der Waals surface area contributed by atoms with Gasteiger partial charge in [0.05, 0.1) is 0 Å². The van der Waals surface area contributed by atoms with Crippen molar-refractivity contribution in [2.75, 3.05) is 5.75 Å². The Hall–Kier alpha value is -0.100. The Morgan fingerprint density at radius 2 is 2.19 bits per heavy atom. The molecule has 0 radical (unpaired) electrons. The van der Waals surface area contributed by atoms with E-state index in [9.17, 15) is 4.57 Å². The van der Waals surface area contributed by atoms with Crippen LogP contribution in [0.5, 0.6) is 0 Å². The van der Waals surface area contributed by atoms with E-state index in [1.54, 1.807) is 6.07 Å². The molecule has 90 valence electrons. The van der Waals surface area contributed by atoms with E-state index in [0.29, 0.717) is 5.03 Å². The Balaban J connectivity index is 0.00000128. The Kier molecular flexibility index (Phi) is 4.40. The highest BCUT2D eigenvalue weighted by atomic mass is 35.5. The summed E-state index contributed by atoms with van der Waals surface area (Å²) in [6, 6.07) is 2.94. The topological polar surface area (TPSA) is 96.4 Å². The average molecular weight is 283 g/mol. The molecule has 16 heavy (non-hydrogen) atoms. The third kappa shape index (κ3) is 2.77. The molecule has 0 aromatic carbocycles. The second-order valence-corrected chi connectivity index (χ2v) is 5.98. The molecular formula is C8H12ClN2O3PS. The second kappa shape index (κ2) is 5.04. The van der Waals surface area contributed by atoms with Crippen LogP contribution in [-0.2, 0) is 4.57 Å². The lowest BCUT2D eigenvalue weighted by atomic mass is 10.1. The third-order valence-electron chi connectivity index (χ3n) is 2.24. The summed E-state index contributed by atoms with van der Waals surface area (Å²) in [7, 11) is -4.25.